The topological polar surface area (TPSA) is 64.4 Å². The lowest BCUT2D eigenvalue weighted by Gasteiger charge is -2.35. The van der Waals surface area contributed by atoms with Crippen LogP contribution in [0.25, 0.3) is 10.8 Å². The fraction of sp³-hybridized carbons (Fsp3) is 0.333. The SMILES string of the molecule is N#CC1(c2nccc3cc4c(cc23)OCCO4)COC1. The van der Waals surface area contributed by atoms with E-state index in [9.17, 15) is 5.26 Å². The van der Waals surface area contributed by atoms with Gasteiger partial charge in [0.05, 0.1) is 25.0 Å². The van der Waals surface area contributed by atoms with Gasteiger partial charge in [0.25, 0.3) is 0 Å². The maximum absolute atomic E-state index is 9.46. The second-order valence-corrected chi connectivity index (χ2v) is 5.06. The molecule has 0 radical (unpaired) electrons. The van der Waals surface area contributed by atoms with Crippen molar-refractivity contribution in [1.29, 1.82) is 5.26 Å². The zero-order valence-corrected chi connectivity index (χ0v) is 10.8. The molecule has 0 bridgehead atoms. The summed E-state index contributed by atoms with van der Waals surface area (Å²) in [5.41, 5.74) is 0.129. The van der Waals surface area contributed by atoms with Crippen molar-refractivity contribution in [3.63, 3.8) is 0 Å². The van der Waals surface area contributed by atoms with Gasteiger partial charge in [-0.05, 0) is 23.6 Å². The first-order chi connectivity index (χ1) is 9.82. The van der Waals surface area contributed by atoms with Gasteiger partial charge in [0, 0.05) is 11.6 Å². The zero-order chi connectivity index (χ0) is 13.6. The molecule has 20 heavy (non-hydrogen) atoms. The molecule has 5 nitrogen and oxygen atoms in total. The van der Waals surface area contributed by atoms with E-state index < -0.39 is 5.41 Å². The summed E-state index contributed by atoms with van der Waals surface area (Å²) in [6.45, 7) is 1.89. The third kappa shape index (κ3) is 1.49. The molecule has 0 unspecified atom stereocenters. The van der Waals surface area contributed by atoms with Gasteiger partial charge in [0.2, 0.25) is 0 Å². The highest BCUT2D eigenvalue weighted by molar-refractivity contribution is 5.89. The van der Waals surface area contributed by atoms with E-state index in [0.29, 0.717) is 32.2 Å². The molecule has 0 spiro atoms. The fourth-order valence-corrected chi connectivity index (χ4v) is 2.65. The van der Waals surface area contributed by atoms with Crippen molar-refractivity contribution in [2.45, 2.75) is 5.41 Å². The van der Waals surface area contributed by atoms with Crippen LogP contribution in [0.15, 0.2) is 24.4 Å². The predicted molar refractivity (Wildman–Crippen MR) is 70.8 cm³/mol. The molecule has 0 amide bonds. The average molecular weight is 268 g/mol. The maximum Gasteiger partial charge on any atom is 0.162 e. The summed E-state index contributed by atoms with van der Waals surface area (Å²) in [4.78, 5) is 4.42. The fourth-order valence-electron chi connectivity index (χ4n) is 2.65. The Balaban J connectivity index is 1.96. The Hall–Kier alpha value is -2.32. The minimum atomic E-state index is -0.636. The molecule has 0 N–H and O–H groups in total. The molecule has 100 valence electrons. The van der Waals surface area contributed by atoms with Gasteiger partial charge in [-0.25, -0.2) is 0 Å². The molecule has 5 heteroatoms. The summed E-state index contributed by atoms with van der Waals surface area (Å²) in [6, 6.07) is 8.13. The van der Waals surface area contributed by atoms with Crippen molar-refractivity contribution < 1.29 is 14.2 Å². The Bertz CT molecular complexity index is 732. The molecule has 3 heterocycles. The maximum atomic E-state index is 9.46. The van der Waals surface area contributed by atoms with Gasteiger partial charge in [0.1, 0.15) is 18.6 Å². The van der Waals surface area contributed by atoms with Gasteiger partial charge >= 0.3 is 0 Å². The van der Waals surface area contributed by atoms with Crippen molar-refractivity contribution in [2.75, 3.05) is 26.4 Å². The monoisotopic (exact) mass is 268 g/mol. The number of ether oxygens (including phenoxy) is 3. The molecule has 0 aliphatic carbocycles. The molecular weight excluding hydrogens is 256 g/mol. The van der Waals surface area contributed by atoms with Crippen molar-refractivity contribution in [1.82, 2.24) is 4.98 Å². The number of benzene rings is 1. The van der Waals surface area contributed by atoms with Crippen LogP contribution in [0.5, 0.6) is 11.5 Å². The Morgan fingerprint density at radius 1 is 1.15 bits per heavy atom. The van der Waals surface area contributed by atoms with E-state index in [4.69, 9.17) is 14.2 Å². The molecule has 2 aromatic rings. The highest BCUT2D eigenvalue weighted by atomic mass is 16.6. The summed E-state index contributed by atoms with van der Waals surface area (Å²) in [7, 11) is 0. The van der Waals surface area contributed by atoms with E-state index in [1.807, 2.05) is 18.2 Å². The Labute approximate surface area is 115 Å². The Kier molecular flexibility index (Phi) is 2.35. The lowest BCUT2D eigenvalue weighted by atomic mass is 9.81. The van der Waals surface area contributed by atoms with Crippen LogP contribution in [0, 0.1) is 11.3 Å². The van der Waals surface area contributed by atoms with Crippen LogP contribution in [0.1, 0.15) is 5.69 Å². The number of aromatic nitrogens is 1. The minimum Gasteiger partial charge on any atom is -0.486 e. The summed E-state index contributed by atoms with van der Waals surface area (Å²) in [5, 5.41) is 11.4. The Morgan fingerprint density at radius 3 is 2.55 bits per heavy atom. The van der Waals surface area contributed by atoms with E-state index in [2.05, 4.69) is 11.1 Å². The molecule has 2 aliphatic heterocycles. The highest BCUT2D eigenvalue weighted by Gasteiger charge is 2.43. The largest absolute Gasteiger partial charge is 0.486 e. The minimum absolute atomic E-state index is 0.393. The van der Waals surface area contributed by atoms with Crippen LogP contribution in [0.4, 0.5) is 0 Å². The second-order valence-electron chi connectivity index (χ2n) is 5.06. The van der Waals surface area contributed by atoms with Crippen molar-refractivity contribution in [3.05, 3.63) is 30.1 Å². The van der Waals surface area contributed by atoms with E-state index in [1.54, 1.807) is 6.20 Å². The average Bonchev–Trinajstić information content (AvgIpc) is 2.45. The number of nitriles is 1. The van der Waals surface area contributed by atoms with Crippen LogP contribution >= 0.6 is 0 Å². The van der Waals surface area contributed by atoms with Crippen LogP contribution < -0.4 is 9.47 Å². The van der Waals surface area contributed by atoms with Crippen molar-refractivity contribution in [3.8, 4) is 17.6 Å². The molecule has 0 atom stereocenters. The second kappa shape index (κ2) is 4.09. The third-order valence-corrected chi connectivity index (χ3v) is 3.79. The standard InChI is InChI=1S/C15H12N2O3/c16-7-15(8-18-9-15)14-11-6-13-12(19-3-4-20-13)5-10(11)1-2-17-14/h1-2,5-6H,3-4,8-9H2. The van der Waals surface area contributed by atoms with Crippen molar-refractivity contribution in [2.24, 2.45) is 0 Å². The zero-order valence-electron chi connectivity index (χ0n) is 10.8. The molecule has 2 aliphatic rings. The lowest BCUT2D eigenvalue weighted by Crippen LogP contribution is -2.46. The summed E-state index contributed by atoms with van der Waals surface area (Å²) in [6.07, 6.45) is 1.73. The van der Waals surface area contributed by atoms with E-state index in [1.165, 1.54) is 0 Å². The first-order valence-electron chi connectivity index (χ1n) is 6.50. The molecule has 1 aromatic heterocycles. The number of hydrogen-bond acceptors (Lipinski definition) is 5. The van der Waals surface area contributed by atoms with Gasteiger partial charge < -0.3 is 14.2 Å². The quantitative estimate of drug-likeness (QED) is 0.789. The van der Waals surface area contributed by atoms with Crippen molar-refractivity contribution >= 4 is 10.8 Å². The van der Waals surface area contributed by atoms with E-state index in [0.717, 1.165) is 22.2 Å². The normalized spacial score (nSPS) is 19.1. The summed E-state index contributed by atoms with van der Waals surface area (Å²) >= 11 is 0. The van der Waals surface area contributed by atoms with Gasteiger partial charge in [0.15, 0.2) is 11.5 Å². The van der Waals surface area contributed by atoms with Gasteiger partial charge in [-0.1, -0.05) is 0 Å². The van der Waals surface area contributed by atoms with E-state index >= 15 is 0 Å². The van der Waals surface area contributed by atoms with Gasteiger partial charge in [-0.2, -0.15) is 5.26 Å². The van der Waals surface area contributed by atoms with Gasteiger partial charge in [-0.3, -0.25) is 4.98 Å². The molecule has 4 rings (SSSR count). The summed E-state index contributed by atoms with van der Waals surface area (Å²) < 4.78 is 16.4. The predicted octanol–water partition coefficient (Wildman–Crippen LogP) is 1.80. The molecule has 1 saturated heterocycles. The highest BCUT2D eigenvalue weighted by Crippen LogP contribution is 2.40. The first-order valence-corrected chi connectivity index (χ1v) is 6.50. The summed E-state index contributed by atoms with van der Waals surface area (Å²) in [5.74, 6) is 1.46. The van der Waals surface area contributed by atoms with Crippen LogP contribution in [0.3, 0.4) is 0 Å². The molecule has 1 aromatic carbocycles. The number of hydrogen-bond donors (Lipinski definition) is 0. The molecular formula is C15H12N2O3. The number of nitrogens with zero attached hydrogens (tertiary/aromatic N) is 2. The first kappa shape index (κ1) is 11.5. The number of rotatable bonds is 1. The number of pyridine rings is 1. The van der Waals surface area contributed by atoms with Crippen LogP contribution in [-0.2, 0) is 10.2 Å². The third-order valence-electron chi connectivity index (χ3n) is 3.79. The number of fused-ring (bicyclic) bond motifs is 2. The van der Waals surface area contributed by atoms with Gasteiger partial charge in [-0.15, -0.1) is 0 Å². The lowest BCUT2D eigenvalue weighted by molar-refractivity contribution is -0.0310. The smallest absolute Gasteiger partial charge is 0.162 e. The molecule has 0 saturated carbocycles. The molecule has 1 fully saturated rings. The van der Waals surface area contributed by atoms with Crippen LogP contribution in [0.2, 0.25) is 0 Å². The Morgan fingerprint density at radius 2 is 1.90 bits per heavy atom. The van der Waals surface area contributed by atoms with E-state index in [-0.39, 0.29) is 0 Å². The van der Waals surface area contributed by atoms with Crippen LogP contribution in [-0.4, -0.2) is 31.4 Å².